The van der Waals surface area contributed by atoms with Gasteiger partial charge in [-0.15, -0.1) is 0 Å². The molecule has 2 N–H and O–H groups in total. The number of benzene rings is 2. The van der Waals surface area contributed by atoms with Crippen LogP contribution < -0.4 is 14.2 Å². The molecule has 0 radical (unpaired) electrons. The SMILES string of the molecule is COc1cc2c(cc1OC)C(O)(CNS(=O)(=O)c1ccc(F)cc1C)CC2. The number of methoxy groups -OCH3 is 2. The van der Waals surface area contributed by atoms with Gasteiger partial charge in [-0.3, -0.25) is 0 Å². The summed E-state index contributed by atoms with van der Waals surface area (Å²) in [6, 6.07) is 6.94. The van der Waals surface area contributed by atoms with E-state index < -0.39 is 21.4 Å². The molecular weight excluding hydrogens is 373 g/mol. The van der Waals surface area contributed by atoms with Crippen LogP contribution in [0.1, 0.15) is 23.1 Å². The van der Waals surface area contributed by atoms with Gasteiger partial charge in [-0.2, -0.15) is 0 Å². The molecule has 0 saturated heterocycles. The van der Waals surface area contributed by atoms with Crippen molar-refractivity contribution in [2.45, 2.75) is 30.3 Å². The summed E-state index contributed by atoms with van der Waals surface area (Å²) >= 11 is 0. The lowest BCUT2D eigenvalue weighted by atomic mass is 9.96. The summed E-state index contributed by atoms with van der Waals surface area (Å²) in [7, 11) is -0.866. The molecule has 1 atom stereocenters. The van der Waals surface area contributed by atoms with E-state index in [1.807, 2.05) is 0 Å². The largest absolute Gasteiger partial charge is 0.493 e. The number of fused-ring (bicyclic) bond motifs is 1. The first-order valence-electron chi connectivity index (χ1n) is 8.44. The smallest absolute Gasteiger partial charge is 0.240 e. The Hall–Kier alpha value is -2.16. The molecule has 27 heavy (non-hydrogen) atoms. The van der Waals surface area contributed by atoms with Gasteiger partial charge in [0.2, 0.25) is 10.0 Å². The number of hydrogen-bond acceptors (Lipinski definition) is 5. The molecule has 0 aliphatic heterocycles. The highest BCUT2D eigenvalue weighted by molar-refractivity contribution is 7.89. The van der Waals surface area contributed by atoms with E-state index in [-0.39, 0.29) is 11.4 Å². The van der Waals surface area contributed by atoms with Gasteiger partial charge < -0.3 is 14.6 Å². The molecule has 1 unspecified atom stereocenters. The van der Waals surface area contributed by atoms with E-state index in [2.05, 4.69) is 4.72 Å². The average molecular weight is 395 g/mol. The minimum Gasteiger partial charge on any atom is -0.493 e. The van der Waals surface area contributed by atoms with Gasteiger partial charge in [0.15, 0.2) is 11.5 Å². The molecule has 6 nitrogen and oxygen atoms in total. The molecule has 1 aliphatic rings. The van der Waals surface area contributed by atoms with Gasteiger partial charge in [0, 0.05) is 6.54 Å². The van der Waals surface area contributed by atoms with Gasteiger partial charge in [-0.25, -0.2) is 17.5 Å². The molecule has 1 aliphatic carbocycles. The van der Waals surface area contributed by atoms with E-state index in [1.54, 1.807) is 12.1 Å². The van der Waals surface area contributed by atoms with Crippen molar-refractivity contribution in [3.8, 4) is 11.5 Å². The maximum atomic E-state index is 13.2. The molecule has 0 aromatic heterocycles. The van der Waals surface area contributed by atoms with Crippen LogP contribution in [0, 0.1) is 12.7 Å². The van der Waals surface area contributed by atoms with E-state index >= 15 is 0 Å². The van der Waals surface area contributed by atoms with Crippen molar-refractivity contribution in [1.82, 2.24) is 4.72 Å². The van der Waals surface area contributed by atoms with Crippen LogP contribution in [0.2, 0.25) is 0 Å². The number of aliphatic hydroxyl groups is 1. The van der Waals surface area contributed by atoms with Crippen LogP contribution in [-0.4, -0.2) is 34.3 Å². The Kier molecular flexibility index (Phi) is 5.16. The Balaban J connectivity index is 1.87. The number of hydrogen-bond donors (Lipinski definition) is 2. The van der Waals surface area contributed by atoms with Crippen LogP contribution in [0.3, 0.4) is 0 Å². The van der Waals surface area contributed by atoms with Crippen LogP contribution in [0.15, 0.2) is 35.2 Å². The summed E-state index contributed by atoms with van der Waals surface area (Å²) in [5, 5.41) is 11.1. The Labute approximate surface area is 158 Å². The Morgan fingerprint density at radius 1 is 1.19 bits per heavy atom. The van der Waals surface area contributed by atoms with Crippen LogP contribution >= 0.6 is 0 Å². The third-order valence-corrected chi connectivity index (χ3v) is 6.46. The summed E-state index contributed by atoms with van der Waals surface area (Å²) < 4.78 is 51.5. The second kappa shape index (κ2) is 7.10. The fraction of sp³-hybridized carbons (Fsp3) is 0.368. The van der Waals surface area contributed by atoms with Crippen molar-refractivity contribution in [2.75, 3.05) is 20.8 Å². The number of sulfonamides is 1. The van der Waals surface area contributed by atoms with Crippen LogP contribution in [-0.2, 0) is 22.0 Å². The summed E-state index contributed by atoms with van der Waals surface area (Å²) in [6.07, 6.45) is 0.951. The van der Waals surface area contributed by atoms with Crippen molar-refractivity contribution >= 4 is 10.0 Å². The van der Waals surface area contributed by atoms with Crippen molar-refractivity contribution < 1.29 is 27.4 Å². The minimum atomic E-state index is -3.90. The number of halogens is 1. The number of ether oxygens (including phenoxy) is 2. The molecular formula is C19H22FNO5S. The third kappa shape index (κ3) is 3.65. The molecule has 2 aromatic rings. The zero-order valence-electron chi connectivity index (χ0n) is 15.4. The van der Waals surface area contributed by atoms with Gasteiger partial charge in [0.25, 0.3) is 0 Å². The predicted octanol–water partition coefficient (Wildman–Crippen LogP) is 2.26. The monoisotopic (exact) mass is 395 g/mol. The highest BCUT2D eigenvalue weighted by Crippen LogP contribution is 2.42. The van der Waals surface area contributed by atoms with E-state index in [0.29, 0.717) is 35.5 Å². The summed E-state index contributed by atoms with van der Waals surface area (Å²) in [6.45, 7) is 1.32. The molecule has 0 heterocycles. The van der Waals surface area contributed by atoms with Gasteiger partial charge in [-0.1, -0.05) is 0 Å². The molecule has 3 rings (SSSR count). The highest BCUT2D eigenvalue weighted by atomic mass is 32.2. The van der Waals surface area contributed by atoms with Crippen LogP contribution in [0.25, 0.3) is 0 Å². The zero-order valence-corrected chi connectivity index (χ0v) is 16.2. The van der Waals surface area contributed by atoms with E-state index in [1.165, 1.54) is 27.2 Å². The second-order valence-corrected chi connectivity index (χ2v) is 8.37. The summed E-state index contributed by atoms with van der Waals surface area (Å²) in [4.78, 5) is -0.0157. The van der Waals surface area contributed by atoms with Crippen molar-refractivity contribution in [3.05, 3.63) is 52.8 Å². The van der Waals surface area contributed by atoms with Crippen molar-refractivity contribution in [2.24, 2.45) is 0 Å². The lowest BCUT2D eigenvalue weighted by Gasteiger charge is -2.25. The first-order valence-corrected chi connectivity index (χ1v) is 9.92. The fourth-order valence-electron chi connectivity index (χ4n) is 3.43. The molecule has 8 heteroatoms. The standard InChI is InChI=1S/C19H22FNO5S/c1-12-8-14(20)4-5-18(12)27(23,24)21-11-19(22)7-6-13-9-16(25-2)17(26-3)10-15(13)19/h4-5,8-10,21-22H,6-7,11H2,1-3H3. The van der Waals surface area contributed by atoms with E-state index in [4.69, 9.17) is 9.47 Å². The summed E-state index contributed by atoms with van der Waals surface area (Å²) in [5.74, 6) is 0.521. The lowest BCUT2D eigenvalue weighted by molar-refractivity contribution is 0.0440. The van der Waals surface area contributed by atoms with Gasteiger partial charge in [0.05, 0.1) is 19.1 Å². The van der Waals surface area contributed by atoms with Gasteiger partial charge >= 0.3 is 0 Å². The Morgan fingerprint density at radius 2 is 1.85 bits per heavy atom. The molecule has 0 saturated carbocycles. The maximum Gasteiger partial charge on any atom is 0.240 e. The average Bonchev–Trinajstić information content (AvgIpc) is 2.95. The third-order valence-electron chi connectivity index (χ3n) is 4.90. The number of aryl methyl sites for hydroxylation is 2. The van der Waals surface area contributed by atoms with Gasteiger partial charge in [0.1, 0.15) is 11.4 Å². The first-order chi connectivity index (χ1) is 12.7. The quantitative estimate of drug-likeness (QED) is 0.784. The first kappa shape index (κ1) is 19.6. The number of rotatable bonds is 6. The zero-order chi connectivity index (χ0) is 19.8. The topological polar surface area (TPSA) is 84.9 Å². The molecule has 2 aromatic carbocycles. The maximum absolute atomic E-state index is 13.2. The van der Waals surface area contributed by atoms with Crippen LogP contribution in [0.4, 0.5) is 4.39 Å². The molecule has 0 fully saturated rings. The van der Waals surface area contributed by atoms with E-state index in [9.17, 15) is 17.9 Å². The molecule has 0 amide bonds. The molecule has 0 bridgehead atoms. The number of nitrogens with one attached hydrogen (secondary N) is 1. The minimum absolute atomic E-state index is 0.0157. The lowest BCUT2D eigenvalue weighted by Crippen LogP contribution is -2.39. The fourth-order valence-corrected chi connectivity index (χ4v) is 4.74. The molecule has 0 spiro atoms. The van der Waals surface area contributed by atoms with Gasteiger partial charge in [-0.05, 0) is 66.8 Å². The van der Waals surface area contributed by atoms with Crippen molar-refractivity contribution in [1.29, 1.82) is 0 Å². The van der Waals surface area contributed by atoms with Crippen LogP contribution in [0.5, 0.6) is 11.5 Å². The van der Waals surface area contributed by atoms with Crippen molar-refractivity contribution in [3.63, 3.8) is 0 Å². The Morgan fingerprint density at radius 3 is 2.48 bits per heavy atom. The Bertz CT molecular complexity index is 976. The summed E-state index contributed by atoms with van der Waals surface area (Å²) in [5.41, 5.74) is 0.425. The predicted molar refractivity (Wildman–Crippen MR) is 98.1 cm³/mol. The van der Waals surface area contributed by atoms with E-state index in [0.717, 1.165) is 17.7 Å². The highest BCUT2D eigenvalue weighted by Gasteiger charge is 2.39. The second-order valence-electron chi connectivity index (χ2n) is 6.63. The molecule has 146 valence electrons. The normalized spacial score (nSPS) is 19.0.